The predicted molar refractivity (Wildman–Crippen MR) is 176 cm³/mol. The van der Waals surface area contributed by atoms with Gasteiger partial charge in [0, 0.05) is 45.7 Å². The van der Waals surface area contributed by atoms with Crippen LogP contribution >= 0.6 is 12.6 Å². The van der Waals surface area contributed by atoms with Crippen molar-refractivity contribution < 1.29 is 0 Å². The van der Waals surface area contributed by atoms with E-state index in [9.17, 15) is 0 Å². The first kappa shape index (κ1) is 30.8. The molecule has 1 aliphatic rings. The minimum atomic E-state index is 0.959. The van der Waals surface area contributed by atoms with Crippen molar-refractivity contribution in [3.05, 3.63) is 120 Å². The molecule has 38 heavy (non-hydrogen) atoms. The summed E-state index contributed by atoms with van der Waals surface area (Å²) in [6.45, 7) is 12.5. The highest BCUT2D eigenvalue weighted by Gasteiger charge is 2.16. The van der Waals surface area contributed by atoms with Crippen LogP contribution in [0.4, 0.5) is 5.69 Å². The number of allylic oxidation sites excluding steroid dienone is 4. The van der Waals surface area contributed by atoms with E-state index in [-0.39, 0.29) is 0 Å². The molecule has 200 valence electrons. The molecular formula is C35H44N2S. The van der Waals surface area contributed by atoms with E-state index < -0.39 is 0 Å². The van der Waals surface area contributed by atoms with Crippen molar-refractivity contribution in [2.24, 2.45) is 0 Å². The highest BCUT2D eigenvalue weighted by molar-refractivity contribution is 7.79. The van der Waals surface area contributed by atoms with Crippen molar-refractivity contribution in [2.45, 2.75) is 54.4 Å². The number of thiol groups is 1. The zero-order valence-electron chi connectivity index (χ0n) is 24.1. The SMILES string of the molecule is CC.CC.CCc1c(/C=C(\C)c2ccccc2NC2=CC=CC2)c2ccccc2n1-c1ccccc1.CS. The van der Waals surface area contributed by atoms with Crippen LogP contribution in [0.3, 0.4) is 0 Å². The fourth-order valence-corrected chi connectivity index (χ4v) is 4.64. The normalized spacial score (nSPS) is 11.9. The number of fused-ring (bicyclic) bond motifs is 1. The minimum Gasteiger partial charge on any atom is -0.358 e. The van der Waals surface area contributed by atoms with Gasteiger partial charge >= 0.3 is 0 Å². The smallest absolute Gasteiger partial charge is 0.0537 e. The lowest BCUT2D eigenvalue weighted by atomic mass is 10.00. The van der Waals surface area contributed by atoms with Crippen molar-refractivity contribution in [2.75, 3.05) is 11.6 Å². The van der Waals surface area contributed by atoms with Crippen molar-refractivity contribution in [1.29, 1.82) is 0 Å². The molecule has 5 rings (SSSR count). The van der Waals surface area contributed by atoms with Crippen LogP contribution in [-0.4, -0.2) is 10.8 Å². The maximum absolute atomic E-state index is 3.63. The van der Waals surface area contributed by atoms with Gasteiger partial charge in [0.1, 0.15) is 0 Å². The second-order valence-corrected chi connectivity index (χ2v) is 8.22. The molecule has 1 N–H and O–H groups in total. The first-order valence-corrected chi connectivity index (χ1v) is 14.7. The van der Waals surface area contributed by atoms with Crippen LogP contribution in [0.5, 0.6) is 0 Å². The number of rotatable bonds is 6. The number of aromatic nitrogens is 1. The molecule has 3 heteroatoms. The molecule has 2 nitrogen and oxygen atoms in total. The van der Waals surface area contributed by atoms with Gasteiger partial charge in [0.25, 0.3) is 0 Å². The summed E-state index contributed by atoms with van der Waals surface area (Å²) in [5.74, 6) is 0. The monoisotopic (exact) mass is 524 g/mol. The molecule has 0 aliphatic heterocycles. The molecule has 0 unspecified atom stereocenters. The third-order valence-corrected chi connectivity index (χ3v) is 6.14. The van der Waals surface area contributed by atoms with Gasteiger partial charge in [-0.05, 0) is 61.6 Å². The Kier molecular flexibility index (Phi) is 13.3. The van der Waals surface area contributed by atoms with Gasteiger partial charge in [-0.2, -0.15) is 12.6 Å². The van der Waals surface area contributed by atoms with E-state index >= 15 is 0 Å². The second-order valence-electron chi connectivity index (χ2n) is 8.22. The first-order valence-electron chi connectivity index (χ1n) is 13.8. The Bertz CT molecular complexity index is 1360. The summed E-state index contributed by atoms with van der Waals surface area (Å²) in [4.78, 5) is 0. The number of benzene rings is 3. The number of hydrogen-bond donors (Lipinski definition) is 2. The number of anilines is 1. The molecule has 0 atom stereocenters. The van der Waals surface area contributed by atoms with Gasteiger partial charge < -0.3 is 9.88 Å². The van der Waals surface area contributed by atoms with Crippen molar-refractivity contribution in [3.8, 4) is 5.69 Å². The van der Waals surface area contributed by atoms with Gasteiger partial charge in [-0.25, -0.2) is 0 Å². The zero-order valence-corrected chi connectivity index (χ0v) is 25.0. The van der Waals surface area contributed by atoms with E-state index in [1.807, 2.05) is 27.7 Å². The molecule has 0 amide bonds. The molecule has 0 bridgehead atoms. The fraction of sp³-hybridized carbons (Fsp3) is 0.257. The molecule has 3 aromatic carbocycles. The Morgan fingerprint density at radius 2 is 1.50 bits per heavy atom. The lowest BCUT2D eigenvalue weighted by Gasteiger charge is -2.14. The molecule has 0 radical (unpaired) electrons. The summed E-state index contributed by atoms with van der Waals surface area (Å²) in [5, 5.41) is 4.92. The van der Waals surface area contributed by atoms with Crippen LogP contribution in [-0.2, 0) is 6.42 Å². The minimum absolute atomic E-state index is 0.959. The largest absolute Gasteiger partial charge is 0.358 e. The number of para-hydroxylation sites is 3. The summed E-state index contributed by atoms with van der Waals surface area (Å²) in [6, 6.07) is 28.0. The van der Waals surface area contributed by atoms with Crippen LogP contribution in [0.2, 0.25) is 0 Å². The molecule has 1 aromatic heterocycles. The molecule has 0 fully saturated rings. The lowest BCUT2D eigenvalue weighted by Crippen LogP contribution is -2.00. The lowest BCUT2D eigenvalue weighted by molar-refractivity contribution is 0.957. The van der Waals surface area contributed by atoms with Gasteiger partial charge in [-0.15, -0.1) is 0 Å². The second kappa shape index (κ2) is 16.4. The Morgan fingerprint density at radius 1 is 0.868 bits per heavy atom. The average molecular weight is 525 g/mol. The molecule has 4 aromatic rings. The topological polar surface area (TPSA) is 17.0 Å². The Balaban J connectivity index is 0.000000791. The highest BCUT2D eigenvalue weighted by atomic mass is 32.1. The van der Waals surface area contributed by atoms with Crippen molar-refractivity contribution >= 4 is 40.9 Å². The maximum Gasteiger partial charge on any atom is 0.0537 e. The summed E-state index contributed by atoms with van der Waals surface area (Å²) in [5.41, 5.74) is 9.99. The zero-order chi connectivity index (χ0) is 27.9. The summed E-state index contributed by atoms with van der Waals surface area (Å²) in [7, 11) is 0. The van der Waals surface area contributed by atoms with Crippen molar-refractivity contribution in [3.63, 3.8) is 0 Å². The van der Waals surface area contributed by atoms with Gasteiger partial charge in [-0.3, -0.25) is 0 Å². The van der Waals surface area contributed by atoms with E-state index in [0.29, 0.717) is 0 Å². The van der Waals surface area contributed by atoms with E-state index in [4.69, 9.17) is 0 Å². The maximum atomic E-state index is 3.63. The number of nitrogens with one attached hydrogen (secondary N) is 1. The highest BCUT2D eigenvalue weighted by Crippen LogP contribution is 2.34. The standard InChI is InChI=1S/C30H28N2.2C2H6.CH4S/c1-3-29-27(26-18-10-12-20-30(26)32(29)24-15-5-4-6-16-24)21-22(2)25-17-9-11-19-28(25)31-23-13-7-8-14-23;3*1-2/h4-13,15-21,31H,3,14H2,1-2H3;2*1-2H3;2H,1H3/b22-21+;;;. The molecule has 0 spiro atoms. The van der Waals surface area contributed by atoms with Crippen LogP contribution in [0.1, 0.15) is 64.8 Å². The van der Waals surface area contributed by atoms with Gasteiger partial charge in [0.15, 0.2) is 0 Å². The number of nitrogens with zero attached hydrogens (tertiary/aromatic N) is 1. The molecule has 0 saturated carbocycles. The van der Waals surface area contributed by atoms with Crippen LogP contribution in [0, 0.1) is 0 Å². The van der Waals surface area contributed by atoms with E-state index in [1.165, 1.54) is 44.7 Å². The molecule has 1 aliphatic carbocycles. The summed E-state index contributed by atoms with van der Waals surface area (Å²) >= 11 is 3.53. The molecule has 1 heterocycles. The van der Waals surface area contributed by atoms with Crippen LogP contribution < -0.4 is 5.32 Å². The predicted octanol–water partition coefficient (Wildman–Crippen LogP) is 10.6. The van der Waals surface area contributed by atoms with E-state index in [1.54, 1.807) is 6.26 Å². The average Bonchev–Trinajstić information content (AvgIpc) is 3.63. The van der Waals surface area contributed by atoms with E-state index in [2.05, 4.69) is 140 Å². The first-order chi connectivity index (χ1) is 18.8. The quantitative estimate of drug-likeness (QED) is 0.240. The van der Waals surface area contributed by atoms with Gasteiger partial charge in [0.2, 0.25) is 0 Å². The fourth-order valence-electron chi connectivity index (χ4n) is 4.64. The Hall–Kier alpha value is -3.43. The molecular weight excluding hydrogens is 480 g/mol. The Labute approximate surface area is 236 Å². The Morgan fingerprint density at radius 3 is 2.16 bits per heavy atom. The van der Waals surface area contributed by atoms with Gasteiger partial charge in [-0.1, -0.05) is 101 Å². The third-order valence-electron chi connectivity index (χ3n) is 6.14. The summed E-state index contributed by atoms with van der Waals surface area (Å²) < 4.78 is 2.41. The van der Waals surface area contributed by atoms with Crippen LogP contribution in [0.25, 0.3) is 28.2 Å². The van der Waals surface area contributed by atoms with E-state index in [0.717, 1.165) is 18.5 Å². The summed E-state index contributed by atoms with van der Waals surface area (Å²) in [6.07, 6.45) is 12.4. The van der Waals surface area contributed by atoms with Crippen LogP contribution in [0.15, 0.2) is 103 Å². The molecule has 0 saturated heterocycles. The van der Waals surface area contributed by atoms with Gasteiger partial charge in [0.05, 0.1) is 5.52 Å². The van der Waals surface area contributed by atoms with Crippen molar-refractivity contribution in [1.82, 2.24) is 4.57 Å². The third kappa shape index (κ3) is 7.11. The number of hydrogen-bond acceptors (Lipinski definition) is 2.